The van der Waals surface area contributed by atoms with E-state index in [9.17, 15) is 9.59 Å². The molecule has 1 aromatic carbocycles. The molecule has 0 unspecified atom stereocenters. The van der Waals surface area contributed by atoms with Crippen molar-refractivity contribution >= 4 is 11.6 Å². The number of aryl methyl sites for hydroxylation is 1. The van der Waals surface area contributed by atoms with Crippen molar-refractivity contribution in [2.75, 3.05) is 0 Å². The molecular formula is C21H24O2. The largest absolute Gasteiger partial charge is 0.289 e. The molecule has 0 aliphatic heterocycles. The Balaban J connectivity index is 1.77. The van der Waals surface area contributed by atoms with E-state index in [0.29, 0.717) is 22.5 Å². The quantitative estimate of drug-likeness (QED) is 0.741. The molecular weight excluding hydrogens is 284 g/mol. The summed E-state index contributed by atoms with van der Waals surface area (Å²) in [6, 6.07) is 5.69. The Bertz CT molecular complexity index is 707. The molecule has 1 fully saturated rings. The lowest BCUT2D eigenvalue weighted by molar-refractivity contribution is 0.0994. The molecule has 0 bridgehead atoms. The van der Waals surface area contributed by atoms with E-state index in [-0.39, 0.29) is 11.6 Å². The molecule has 3 rings (SSSR count). The minimum atomic E-state index is -0.0760. The van der Waals surface area contributed by atoms with E-state index >= 15 is 0 Å². The Morgan fingerprint density at radius 1 is 1.13 bits per heavy atom. The second-order valence-electron chi connectivity index (χ2n) is 7.53. The van der Waals surface area contributed by atoms with Crippen molar-refractivity contribution in [1.82, 2.24) is 0 Å². The number of carbonyl (C=O) groups is 2. The molecule has 0 radical (unpaired) electrons. The molecule has 0 saturated heterocycles. The highest BCUT2D eigenvalue weighted by molar-refractivity contribution is 6.22. The molecule has 2 heteroatoms. The zero-order chi connectivity index (χ0) is 16.6. The molecule has 0 spiro atoms. The Hall–Kier alpha value is -1.96. The van der Waals surface area contributed by atoms with Gasteiger partial charge in [0.05, 0.1) is 0 Å². The maximum Gasteiger partial charge on any atom is 0.186 e. The second-order valence-corrected chi connectivity index (χ2v) is 7.53. The minimum Gasteiger partial charge on any atom is -0.289 e. The van der Waals surface area contributed by atoms with E-state index in [1.54, 1.807) is 6.07 Å². The number of rotatable bonds is 3. The molecule has 1 atom stereocenters. The monoisotopic (exact) mass is 308 g/mol. The van der Waals surface area contributed by atoms with Gasteiger partial charge in [-0.15, -0.1) is 0 Å². The smallest absolute Gasteiger partial charge is 0.186 e. The molecule has 2 nitrogen and oxygen atoms in total. The van der Waals surface area contributed by atoms with Crippen LogP contribution < -0.4 is 0 Å². The van der Waals surface area contributed by atoms with Gasteiger partial charge in [0.25, 0.3) is 0 Å². The van der Waals surface area contributed by atoms with E-state index in [4.69, 9.17) is 0 Å². The maximum atomic E-state index is 12.0. The van der Waals surface area contributed by atoms with Gasteiger partial charge >= 0.3 is 0 Å². The van der Waals surface area contributed by atoms with Crippen LogP contribution in [0.1, 0.15) is 65.8 Å². The number of hydrogen-bond acceptors (Lipinski definition) is 2. The van der Waals surface area contributed by atoms with Crippen molar-refractivity contribution < 1.29 is 9.59 Å². The summed E-state index contributed by atoms with van der Waals surface area (Å²) in [5, 5.41) is 0. The van der Waals surface area contributed by atoms with Crippen molar-refractivity contribution in [1.29, 1.82) is 0 Å². The number of fused-ring (bicyclic) bond motifs is 1. The van der Waals surface area contributed by atoms with Gasteiger partial charge in [-0.25, -0.2) is 0 Å². The Morgan fingerprint density at radius 3 is 2.52 bits per heavy atom. The summed E-state index contributed by atoms with van der Waals surface area (Å²) in [5.41, 5.74) is 3.89. The first-order valence-electron chi connectivity index (χ1n) is 8.46. The van der Waals surface area contributed by atoms with Crippen molar-refractivity contribution in [3.8, 4) is 0 Å². The van der Waals surface area contributed by atoms with Gasteiger partial charge in [-0.2, -0.15) is 0 Å². The van der Waals surface area contributed by atoms with E-state index < -0.39 is 0 Å². The summed E-state index contributed by atoms with van der Waals surface area (Å²) in [6.07, 6.45) is 8.34. The molecule has 23 heavy (non-hydrogen) atoms. The van der Waals surface area contributed by atoms with Gasteiger partial charge in [0.1, 0.15) is 0 Å². The van der Waals surface area contributed by atoms with Gasteiger partial charge in [-0.3, -0.25) is 9.59 Å². The van der Waals surface area contributed by atoms with Gasteiger partial charge in [0.15, 0.2) is 11.6 Å². The molecule has 2 aliphatic carbocycles. The summed E-state index contributed by atoms with van der Waals surface area (Å²) >= 11 is 0. The van der Waals surface area contributed by atoms with Crippen LogP contribution in [0.3, 0.4) is 0 Å². The topological polar surface area (TPSA) is 34.1 Å². The molecule has 1 saturated carbocycles. The fourth-order valence-electron chi connectivity index (χ4n) is 4.07. The van der Waals surface area contributed by atoms with Gasteiger partial charge in [0, 0.05) is 11.1 Å². The number of hydrogen-bond donors (Lipinski definition) is 0. The highest BCUT2D eigenvalue weighted by Crippen LogP contribution is 2.45. The van der Waals surface area contributed by atoms with Crippen LogP contribution in [0.4, 0.5) is 0 Å². The summed E-state index contributed by atoms with van der Waals surface area (Å²) in [4.78, 5) is 23.8. The Labute approximate surface area is 138 Å². The molecule has 2 aliphatic rings. The van der Waals surface area contributed by atoms with Crippen molar-refractivity contribution in [3.63, 3.8) is 0 Å². The maximum absolute atomic E-state index is 12.0. The predicted molar refractivity (Wildman–Crippen MR) is 92.8 cm³/mol. The van der Waals surface area contributed by atoms with Gasteiger partial charge in [-0.05, 0) is 67.2 Å². The van der Waals surface area contributed by atoms with E-state index in [1.165, 1.54) is 30.6 Å². The highest BCUT2D eigenvalue weighted by atomic mass is 16.1. The zero-order valence-electron chi connectivity index (χ0n) is 14.0. The van der Waals surface area contributed by atoms with Crippen LogP contribution in [0.2, 0.25) is 0 Å². The molecule has 0 amide bonds. The molecule has 0 heterocycles. The third kappa shape index (κ3) is 3.08. The highest BCUT2D eigenvalue weighted by Gasteiger charge is 2.34. The van der Waals surface area contributed by atoms with Crippen LogP contribution in [0.5, 0.6) is 0 Å². The average molecular weight is 308 g/mol. The Kier molecular flexibility index (Phi) is 4.09. The number of allylic oxidation sites excluding steroid dienone is 3. The molecule has 1 aromatic rings. The number of ketones is 2. The second kappa shape index (κ2) is 5.92. The summed E-state index contributed by atoms with van der Waals surface area (Å²) in [7, 11) is 0. The lowest BCUT2D eigenvalue weighted by Crippen LogP contribution is -2.29. The average Bonchev–Trinajstić information content (AvgIpc) is 2.50. The molecule has 0 N–H and O–H groups in total. The van der Waals surface area contributed by atoms with E-state index in [1.807, 2.05) is 12.1 Å². The van der Waals surface area contributed by atoms with Crippen LogP contribution in [-0.2, 0) is 6.42 Å². The van der Waals surface area contributed by atoms with E-state index in [2.05, 4.69) is 20.4 Å². The fourth-order valence-corrected chi connectivity index (χ4v) is 4.07. The van der Waals surface area contributed by atoms with Crippen molar-refractivity contribution in [2.45, 2.75) is 46.0 Å². The number of carbonyl (C=O) groups excluding carboxylic acids is 2. The molecule has 0 aromatic heterocycles. The third-order valence-corrected chi connectivity index (χ3v) is 5.48. The van der Waals surface area contributed by atoms with Crippen LogP contribution in [-0.4, -0.2) is 11.6 Å². The van der Waals surface area contributed by atoms with Crippen LogP contribution in [0, 0.1) is 11.3 Å². The van der Waals surface area contributed by atoms with Crippen LogP contribution in [0.15, 0.2) is 42.5 Å². The lowest BCUT2D eigenvalue weighted by atomic mass is 9.65. The predicted octanol–water partition coefficient (Wildman–Crippen LogP) is 4.94. The summed E-state index contributed by atoms with van der Waals surface area (Å²) < 4.78 is 0. The van der Waals surface area contributed by atoms with E-state index in [0.717, 1.165) is 24.8 Å². The van der Waals surface area contributed by atoms with Gasteiger partial charge < -0.3 is 0 Å². The first-order chi connectivity index (χ1) is 10.9. The standard InChI is InChI=1S/C21H24O2/c1-14-5-4-12-21(2,3)18(14)9-7-15-6-8-16-17(13-15)20(23)11-10-19(16)22/h6,8,10-11,13,18H,1,4-5,7,9,12H2,2-3H3/t18-/m0/s1. The zero-order valence-corrected chi connectivity index (χ0v) is 14.0. The fraction of sp³-hybridized carbons (Fsp3) is 0.429. The molecule has 120 valence electrons. The van der Waals surface area contributed by atoms with Crippen LogP contribution in [0.25, 0.3) is 0 Å². The normalized spacial score (nSPS) is 23.0. The lowest BCUT2D eigenvalue weighted by Gasteiger charge is -2.40. The van der Waals surface area contributed by atoms with Crippen molar-refractivity contribution in [2.24, 2.45) is 11.3 Å². The first kappa shape index (κ1) is 15.9. The first-order valence-corrected chi connectivity index (χ1v) is 8.46. The van der Waals surface area contributed by atoms with Gasteiger partial charge in [0.2, 0.25) is 0 Å². The minimum absolute atomic E-state index is 0.0659. The van der Waals surface area contributed by atoms with Gasteiger partial charge in [-0.1, -0.05) is 38.1 Å². The number of benzene rings is 1. The summed E-state index contributed by atoms with van der Waals surface area (Å²) in [6.45, 7) is 8.96. The Morgan fingerprint density at radius 2 is 1.83 bits per heavy atom. The van der Waals surface area contributed by atoms with Crippen molar-refractivity contribution in [3.05, 3.63) is 59.2 Å². The SMILES string of the molecule is C=C1CCCC(C)(C)[C@H]1CCc1ccc2c(c1)C(=O)C=CC2=O. The summed E-state index contributed by atoms with van der Waals surface area (Å²) in [5.74, 6) is 0.390. The third-order valence-electron chi connectivity index (χ3n) is 5.48. The van der Waals surface area contributed by atoms with Crippen LogP contribution >= 0.6 is 0 Å².